The fourth-order valence-electron chi connectivity index (χ4n) is 1.55. The van der Waals surface area contributed by atoms with E-state index < -0.39 is 0 Å². The van der Waals surface area contributed by atoms with Gasteiger partial charge in [0.2, 0.25) is 5.91 Å². The van der Waals surface area contributed by atoms with E-state index in [2.05, 4.69) is 10.3 Å². The van der Waals surface area contributed by atoms with Gasteiger partial charge in [0.05, 0.1) is 6.42 Å². The predicted octanol–water partition coefficient (Wildman–Crippen LogP) is 0.292. The number of hydrogen-bond acceptors (Lipinski definition) is 4. The Kier molecular flexibility index (Phi) is 2.99. The summed E-state index contributed by atoms with van der Waals surface area (Å²) >= 11 is 0. The standard InChI is InChI=1S/C11H11N3O3/c1-7(15)4-11(16)13-8-2-3-10-9(5-8)12-6-14(10)17/h2-3,5-6,14H,4H2,1H3,(H,13,16). The number of aliphatic imine (C=N–C) groups is 1. The molecule has 6 heteroatoms. The summed E-state index contributed by atoms with van der Waals surface area (Å²) < 4.78 is 0. The van der Waals surface area contributed by atoms with E-state index in [0.717, 1.165) is 0 Å². The highest BCUT2D eigenvalue weighted by molar-refractivity contribution is 6.03. The van der Waals surface area contributed by atoms with Crippen LogP contribution in [0.5, 0.6) is 0 Å². The zero-order valence-electron chi connectivity index (χ0n) is 9.19. The smallest absolute Gasteiger partial charge is 0.231 e. The van der Waals surface area contributed by atoms with Crippen LogP contribution < -0.4 is 10.4 Å². The van der Waals surface area contributed by atoms with Crippen molar-refractivity contribution in [1.82, 2.24) is 0 Å². The van der Waals surface area contributed by atoms with Crippen LogP contribution in [0.3, 0.4) is 0 Å². The lowest BCUT2D eigenvalue weighted by Gasteiger charge is -2.11. The molecule has 2 rings (SSSR count). The molecule has 0 saturated carbocycles. The second-order valence-corrected chi connectivity index (χ2v) is 3.78. The molecule has 0 bridgehead atoms. The van der Waals surface area contributed by atoms with Crippen LogP contribution in [0.25, 0.3) is 0 Å². The van der Waals surface area contributed by atoms with Crippen molar-refractivity contribution in [3.63, 3.8) is 0 Å². The SMILES string of the molecule is CC(=O)CC(=O)Nc1ccc2c(c1)N=C[NH+]2[O-]. The molecule has 0 spiro atoms. The zero-order valence-corrected chi connectivity index (χ0v) is 9.19. The average molecular weight is 233 g/mol. The summed E-state index contributed by atoms with van der Waals surface area (Å²) in [6.45, 7) is 1.35. The highest BCUT2D eigenvalue weighted by Crippen LogP contribution is 2.27. The van der Waals surface area contributed by atoms with Crippen LogP contribution in [0.4, 0.5) is 17.1 Å². The van der Waals surface area contributed by atoms with Crippen LogP contribution in [0, 0.1) is 5.21 Å². The van der Waals surface area contributed by atoms with Gasteiger partial charge in [-0.3, -0.25) is 14.7 Å². The van der Waals surface area contributed by atoms with Crippen molar-refractivity contribution < 1.29 is 14.7 Å². The second kappa shape index (κ2) is 4.44. The lowest BCUT2D eigenvalue weighted by atomic mass is 10.2. The summed E-state index contributed by atoms with van der Waals surface area (Å²) in [6, 6.07) is 4.83. The van der Waals surface area contributed by atoms with E-state index >= 15 is 0 Å². The molecule has 0 saturated heterocycles. The molecule has 1 aliphatic rings. The topological polar surface area (TPSA) is 86.0 Å². The number of ketones is 1. The molecule has 1 amide bonds. The van der Waals surface area contributed by atoms with Gasteiger partial charge in [-0.2, -0.15) is 4.99 Å². The number of carbonyl (C=O) groups is 2. The first-order valence-electron chi connectivity index (χ1n) is 5.08. The van der Waals surface area contributed by atoms with Crippen molar-refractivity contribution in [2.75, 3.05) is 5.32 Å². The first-order chi connectivity index (χ1) is 8.06. The molecule has 0 fully saturated rings. The van der Waals surface area contributed by atoms with Crippen molar-refractivity contribution in [3.05, 3.63) is 23.4 Å². The van der Waals surface area contributed by atoms with Gasteiger partial charge in [-0.25, -0.2) is 0 Å². The summed E-state index contributed by atoms with van der Waals surface area (Å²) in [4.78, 5) is 26.0. The number of hydroxylamine groups is 1. The number of anilines is 1. The molecule has 88 valence electrons. The van der Waals surface area contributed by atoms with E-state index in [9.17, 15) is 14.8 Å². The summed E-state index contributed by atoms with van der Waals surface area (Å²) in [5.74, 6) is -0.567. The van der Waals surface area contributed by atoms with Crippen molar-refractivity contribution >= 4 is 35.1 Å². The number of hydrogen-bond donors (Lipinski definition) is 2. The molecule has 1 unspecified atom stereocenters. The van der Waals surface area contributed by atoms with Crippen molar-refractivity contribution in [1.29, 1.82) is 0 Å². The summed E-state index contributed by atoms with van der Waals surface area (Å²) in [5, 5.41) is 13.7. The Morgan fingerprint density at radius 3 is 2.94 bits per heavy atom. The molecule has 1 atom stereocenters. The monoisotopic (exact) mass is 233 g/mol. The Hall–Kier alpha value is -2.05. The van der Waals surface area contributed by atoms with E-state index in [4.69, 9.17) is 0 Å². The van der Waals surface area contributed by atoms with Gasteiger partial charge in [-0.15, -0.1) is 0 Å². The Balaban J connectivity index is 2.11. The first kappa shape index (κ1) is 11.4. The largest absolute Gasteiger partial charge is 0.623 e. The molecule has 0 aromatic heterocycles. The number of nitrogens with zero attached hydrogens (tertiary/aromatic N) is 1. The normalized spacial score (nSPS) is 16.7. The van der Waals surface area contributed by atoms with Gasteiger partial charge >= 0.3 is 0 Å². The van der Waals surface area contributed by atoms with Crippen LogP contribution in [0.15, 0.2) is 23.2 Å². The number of quaternary nitrogens is 1. The Bertz CT molecular complexity index is 511. The van der Waals surface area contributed by atoms with Gasteiger partial charge in [0.25, 0.3) is 0 Å². The average Bonchev–Trinajstić information content (AvgIpc) is 2.58. The quantitative estimate of drug-likeness (QED) is 0.581. The predicted molar refractivity (Wildman–Crippen MR) is 62.5 cm³/mol. The van der Waals surface area contributed by atoms with E-state index in [0.29, 0.717) is 17.1 Å². The van der Waals surface area contributed by atoms with Gasteiger partial charge in [-0.1, -0.05) is 0 Å². The molecule has 0 aliphatic carbocycles. The molecular weight excluding hydrogens is 222 g/mol. The molecule has 17 heavy (non-hydrogen) atoms. The van der Waals surface area contributed by atoms with E-state index in [1.165, 1.54) is 13.3 Å². The second-order valence-electron chi connectivity index (χ2n) is 3.78. The molecule has 1 aliphatic heterocycles. The minimum absolute atomic E-state index is 0.137. The minimum Gasteiger partial charge on any atom is -0.623 e. The fraction of sp³-hybridized carbons (Fsp3) is 0.182. The maximum absolute atomic E-state index is 11.4. The van der Waals surface area contributed by atoms with Crippen LogP contribution in [0.1, 0.15) is 13.3 Å². The number of carbonyl (C=O) groups excluding carboxylic acids is 2. The van der Waals surface area contributed by atoms with Crippen LogP contribution >= 0.6 is 0 Å². The summed E-state index contributed by atoms with van der Waals surface area (Å²) in [7, 11) is 0. The van der Waals surface area contributed by atoms with E-state index in [1.807, 2.05) is 0 Å². The molecule has 1 aromatic carbocycles. The summed E-state index contributed by atoms with van der Waals surface area (Å²) in [5.41, 5.74) is 1.59. The molecular formula is C11H11N3O3. The van der Waals surface area contributed by atoms with Gasteiger partial charge in [0.15, 0.2) is 12.0 Å². The fourth-order valence-corrected chi connectivity index (χ4v) is 1.55. The highest BCUT2D eigenvalue weighted by Gasteiger charge is 2.15. The minimum atomic E-state index is -0.370. The number of nitrogens with one attached hydrogen (secondary N) is 2. The Labute approximate surface area is 97.5 Å². The van der Waals surface area contributed by atoms with Crippen LogP contribution in [-0.2, 0) is 9.59 Å². The Morgan fingerprint density at radius 2 is 2.24 bits per heavy atom. The Morgan fingerprint density at radius 1 is 1.47 bits per heavy atom. The maximum Gasteiger partial charge on any atom is 0.231 e. The van der Waals surface area contributed by atoms with Gasteiger partial charge in [-0.05, 0) is 19.1 Å². The third-order valence-electron chi connectivity index (χ3n) is 2.28. The third-order valence-corrected chi connectivity index (χ3v) is 2.28. The number of rotatable bonds is 3. The lowest BCUT2D eigenvalue weighted by molar-refractivity contribution is -0.655. The molecule has 1 heterocycles. The lowest BCUT2D eigenvalue weighted by Crippen LogP contribution is -2.99. The number of fused-ring (bicyclic) bond motifs is 1. The first-order valence-corrected chi connectivity index (χ1v) is 5.08. The third kappa shape index (κ3) is 2.55. The van der Waals surface area contributed by atoms with Crippen molar-refractivity contribution in [2.24, 2.45) is 4.99 Å². The maximum atomic E-state index is 11.4. The van der Waals surface area contributed by atoms with Crippen LogP contribution in [0.2, 0.25) is 0 Å². The number of benzene rings is 1. The summed E-state index contributed by atoms with van der Waals surface area (Å²) in [6.07, 6.45) is 1.09. The zero-order chi connectivity index (χ0) is 12.4. The van der Waals surface area contributed by atoms with Crippen molar-refractivity contribution in [3.8, 4) is 0 Å². The molecule has 6 nitrogen and oxygen atoms in total. The van der Waals surface area contributed by atoms with Crippen LogP contribution in [-0.4, -0.2) is 18.0 Å². The van der Waals surface area contributed by atoms with Gasteiger partial charge in [0, 0.05) is 11.8 Å². The van der Waals surface area contributed by atoms with E-state index in [1.54, 1.807) is 18.2 Å². The van der Waals surface area contributed by atoms with Gasteiger partial charge in [0.1, 0.15) is 11.5 Å². The molecule has 0 radical (unpaired) electrons. The van der Waals surface area contributed by atoms with Gasteiger partial charge < -0.3 is 10.5 Å². The number of Topliss-reactive ketones (excluding diaryl/α,β-unsaturated/α-hetero) is 1. The van der Waals surface area contributed by atoms with Crippen molar-refractivity contribution in [2.45, 2.75) is 13.3 Å². The molecule has 1 aromatic rings. The molecule has 2 N–H and O–H groups in total. The number of amides is 1. The highest BCUT2D eigenvalue weighted by atomic mass is 16.5. The van der Waals surface area contributed by atoms with E-state index in [-0.39, 0.29) is 23.2 Å².